The summed E-state index contributed by atoms with van der Waals surface area (Å²) >= 11 is 1.20. The standard InChI is InChI=1S/C18H17NO6S/c1-12(26-16-9-5-14(6-10-16)19(22)23)18(21)25-11-17(20)13-3-7-15(24-2)8-4-13/h3-10,12H,11H2,1-2H3/t12-/m1/s1. The third-order valence-corrected chi connectivity index (χ3v) is 4.54. The highest BCUT2D eigenvalue weighted by Gasteiger charge is 2.18. The molecule has 0 saturated heterocycles. The Labute approximate surface area is 154 Å². The van der Waals surface area contributed by atoms with Crippen molar-refractivity contribution in [2.75, 3.05) is 13.7 Å². The third-order valence-electron chi connectivity index (χ3n) is 3.45. The fourth-order valence-electron chi connectivity index (χ4n) is 2.01. The van der Waals surface area contributed by atoms with Gasteiger partial charge in [-0.2, -0.15) is 0 Å². The number of nitro groups is 1. The first kappa shape index (κ1) is 19.5. The number of thioether (sulfide) groups is 1. The summed E-state index contributed by atoms with van der Waals surface area (Å²) in [6.07, 6.45) is 0. The van der Waals surface area contributed by atoms with Gasteiger partial charge >= 0.3 is 5.97 Å². The summed E-state index contributed by atoms with van der Waals surface area (Å²) in [6, 6.07) is 12.4. The van der Waals surface area contributed by atoms with Crippen LogP contribution in [0.3, 0.4) is 0 Å². The minimum Gasteiger partial charge on any atom is -0.497 e. The van der Waals surface area contributed by atoms with Crippen molar-refractivity contribution in [2.45, 2.75) is 17.1 Å². The number of Topliss-reactive ketones (excluding diaryl/α,β-unsaturated/α-hetero) is 1. The number of nitrogens with zero attached hydrogens (tertiary/aromatic N) is 1. The molecule has 1 atom stereocenters. The van der Waals surface area contributed by atoms with Crippen molar-refractivity contribution in [3.8, 4) is 5.75 Å². The molecule has 2 aromatic carbocycles. The van der Waals surface area contributed by atoms with E-state index in [-0.39, 0.29) is 18.1 Å². The molecule has 136 valence electrons. The topological polar surface area (TPSA) is 95.7 Å². The highest BCUT2D eigenvalue weighted by atomic mass is 32.2. The van der Waals surface area contributed by atoms with E-state index in [1.807, 2.05) is 0 Å². The normalized spacial score (nSPS) is 11.5. The van der Waals surface area contributed by atoms with Crippen molar-refractivity contribution < 1.29 is 24.0 Å². The Kier molecular flexibility index (Phi) is 6.74. The molecule has 0 saturated carbocycles. The quantitative estimate of drug-likeness (QED) is 0.229. The molecule has 0 unspecified atom stereocenters. The summed E-state index contributed by atoms with van der Waals surface area (Å²) in [4.78, 5) is 34.9. The van der Waals surface area contributed by atoms with Gasteiger partial charge in [0.15, 0.2) is 12.4 Å². The largest absolute Gasteiger partial charge is 0.497 e. The van der Waals surface area contributed by atoms with Gasteiger partial charge in [0.25, 0.3) is 5.69 Å². The second-order valence-corrected chi connectivity index (χ2v) is 6.68. The van der Waals surface area contributed by atoms with Crippen molar-refractivity contribution in [1.29, 1.82) is 0 Å². The number of carbonyl (C=O) groups excluding carboxylic acids is 2. The summed E-state index contributed by atoms with van der Waals surface area (Å²) in [5.74, 6) is -0.213. The second kappa shape index (κ2) is 9.00. The monoisotopic (exact) mass is 375 g/mol. The van der Waals surface area contributed by atoms with Crippen molar-refractivity contribution in [3.05, 3.63) is 64.2 Å². The van der Waals surface area contributed by atoms with E-state index in [2.05, 4.69) is 0 Å². The van der Waals surface area contributed by atoms with Gasteiger partial charge in [-0.1, -0.05) is 0 Å². The van der Waals surface area contributed by atoms with E-state index in [0.29, 0.717) is 16.2 Å². The van der Waals surface area contributed by atoms with Crippen molar-refractivity contribution in [3.63, 3.8) is 0 Å². The molecule has 0 spiro atoms. The summed E-state index contributed by atoms with van der Waals surface area (Å²) in [5, 5.41) is 10.1. The van der Waals surface area contributed by atoms with Crippen LogP contribution in [-0.4, -0.2) is 35.6 Å². The average Bonchev–Trinajstić information content (AvgIpc) is 2.66. The average molecular weight is 375 g/mol. The van der Waals surface area contributed by atoms with Crippen LogP contribution >= 0.6 is 11.8 Å². The Morgan fingerprint density at radius 2 is 1.73 bits per heavy atom. The minimum absolute atomic E-state index is 0.0188. The lowest BCUT2D eigenvalue weighted by Crippen LogP contribution is -2.21. The Morgan fingerprint density at radius 1 is 1.12 bits per heavy atom. The van der Waals surface area contributed by atoms with E-state index in [1.165, 1.54) is 31.0 Å². The Balaban J connectivity index is 1.85. The number of ether oxygens (including phenoxy) is 2. The summed E-state index contributed by atoms with van der Waals surface area (Å²) in [5.41, 5.74) is 0.406. The van der Waals surface area contributed by atoms with E-state index in [1.54, 1.807) is 43.3 Å². The Bertz CT molecular complexity index is 788. The number of nitro benzene ring substituents is 1. The number of carbonyl (C=O) groups is 2. The van der Waals surface area contributed by atoms with Crippen LogP contribution in [0.2, 0.25) is 0 Å². The fraction of sp³-hybridized carbons (Fsp3) is 0.222. The van der Waals surface area contributed by atoms with Gasteiger partial charge in [0.05, 0.1) is 12.0 Å². The smallest absolute Gasteiger partial charge is 0.319 e. The molecule has 0 bridgehead atoms. The van der Waals surface area contributed by atoms with Gasteiger partial charge in [-0.3, -0.25) is 19.7 Å². The van der Waals surface area contributed by atoms with Gasteiger partial charge in [0.2, 0.25) is 0 Å². The maximum absolute atomic E-state index is 12.0. The van der Waals surface area contributed by atoms with Gasteiger partial charge in [-0.15, -0.1) is 11.8 Å². The molecule has 0 radical (unpaired) electrons. The fourth-order valence-corrected chi connectivity index (χ4v) is 2.88. The van der Waals surface area contributed by atoms with Crippen LogP contribution in [0.1, 0.15) is 17.3 Å². The number of rotatable bonds is 8. The molecule has 26 heavy (non-hydrogen) atoms. The lowest BCUT2D eigenvalue weighted by Gasteiger charge is -2.11. The number of hydrogen-bond donors (Lipinski definition) is 0. The molecule has 0 aliphatic heterocycles. The molecule has 0 N–H and O–H groups in total. The highest BCUT2D eigenvalue weighted by Crippen LogP contribution is 2.26. The van der Waals surface area contributed by atoms with Crippen LogP contribution in [0.15, 0.2) is 53.4 Å². The molecular weight excluding hydrogens is 358 g/mol. The first-order valence-corrected chi connectivity index (χ1v) is 8.53. The maximum Gasteiger partial charge on any atom is 0.319 e. The SMILES string of the molecule is COc1ccc(C(=O)COC(=O)[C@@H](C)Sc2ccc([N+](=O)[O-])cc2)cc1. The molecule has 0 aliphatic carbocycles. The molecule has 0 aromatic heterocycles. The molecule has 0 heterocycles. The number of non-ortho nitro benzene ring substituents is 1. The van der Waals surface area contributed by atoms with E-state index < -0.39 is 16.1 Å². The summed E-state index contributed by atoms with van der Waals surface area (Å²) < 4.78 is 10.1. The molecule has 8 heteroatoms. The molecule has 0 amide bonds. The van der Waals surface area contributed by atoms with Crippen molar-refractivity contribution in [2.24, 2.45) is 0 Å². The Hall–Kier alpha value is -2.87. The summed E-state index contributed by atoms with van der Waals surface area (Å²) in [7, 11) is 1.53. The van der Waals surface area contributed by atoms with Gasteiger partial charge in [0, 0.05) is 22.6 Å². The second-order valence-electron chi connectivity index (χ2n) is 5.27. The first-order chi connectivity index (χ1) is 12.4. The van der Waals surface area contributed by atoms with Crippen LogP contribution in [0.5, 0.6) is 5.75 Å². The predicted molar refractivity (Wildman–Crippen MR) is 96.7 cm³/mol. The molecule has 2 aromatic rings. The number of esters is 1. The third kappa shape index (κ3) is 5.32. The molecule has 0 aliphatic rings. The summed E-state index contributed by atoms with van der Waals surface area (Å²) in [6.45, 7) is 1.29. The zero-order valence-electron chi connectivity index (χ0n) is 14.2. The zero-order chi connectivity index (χ0) is 19.1. The molecule has 7 nitrogen and oxygen atoms in total. The van der Waals surface area contributed by atoms with Crippen LogP contribution < -0.4 is 4.74 Å². The molecular formula is C18H17NO6S. The number of benzene rings is 2. The van der Waals surface area contributed by atoms with Crippen molar-refractivity contribution >= 4 is 29.2 Å². The number of ketones is 1. The predicted octanol–water partition coefficient (Wildman–Crippen LogP) is 3.51. The van der Waals surface area contributed by atoms with Gasteiger partial charge in [-0.05, 0) is 43.3 Å². The van der Waals surface area contributed by atoms with Crippen LogP contribution in [0.4, 0.5) is 5.69 Å². The van der Waals surface area contributed by atoms with E-state index in [4.69, 9.17) is 9.47 Å². The van der Waals surface area contributed by atoms with E-state index in [0.717, 1.165) is 0 Å². The van der Waals surface area contributed by atoms with Crippen molar-refractivity contribution in [1.82, 2.24) is 0 Å². The number of hydrogen-bond acceptors (Lipinski definition) is 7. The Morgan fingerprint density at radius 3 is 2.27 bits per heavy atom. The lowest BCUT2D eigenvalue weighted by atomic mass is 10.1. The minimum atomic E-state index is -0.555. The first-order valence-electron chi connectivity index (χ1n) is 7.65. The van der Waals surface area contributed by atoms with Gasteiger partial charge in [-0.25, -0.2) is 0 Å². The van der Waals surface area contributed by atoms with Crippen LogP contribution in [0.25, 0.3) is 0 Å². The number of methoxy groups -OCH3 is 1. The maximum atomic E-state index is 12.0. The van der Waals surface area contributed by atoms with Crippen LogP contribution in [0, 0.1) is 10.1 Å². The molecule has 2 rings (SSSR count). The van der Waals surface area contributed by atoms with Gasteiger partial charge < -0.3 is 9.47 Å². The highest BCUT2D eigenvalue weighted by molar-refractivity contribution is 8.00. The van der Waals surface area contributed by atoms with Gasteiger partial charge in [0.1, 0.15) is 11.0 Å². The molecule has 0 fully saturated rings. The zero-order valence-corrected chi connectivity index (χ0v) is 15.0. The lowest BCUT2D eigenvalue weighted by molar-refractivity contribution is -0.384. The van der Waals surface area contributed by atoms with E-state index in [9.17, 15) is 19.7 Å². The van der Waals surface area contributed by atoms with Crippen LogP contribution in [-0.2, 0) is 9.53 Å². The van der Waals surface area contributed by atoms with E-state index >= 15 is 0 Å².